The highest BCUT2D eigenvalue weighted by atomic mass is 14.8. The Labute approximate surface area is 61.4 Å². The second-order valence-electron chi connectivity index (χ2n) is 2.04. The quantitative estimate of drug-likeness (QED) is 0.650. The Morgan fingerprint density at radius 3 is 2.90 bits per heavy atom. The first kappa shape index (κ1) is 6.87. The van der Waals surface area contributed by atoms with Crippen LogP contribution in [-0.4, -0.2) is 7.05 Å². The van der Waals surface area contributed by atoms with Gasteiger partial charge in [-0.25, -0.2) is 0 Å². The monoisotopic (exact) mass is 132 g/mol. The molecule has 0 spiro atoms. The molecule has 0 saturated carbocycles. The molecule has 1 radical (unpaired) electrons. The molecule has 0 unspecified atom stereocenters. The minimum Gasteiger partial charge on any atom is -0.388 e. The van der Waals surface area contributed by atoms with Gasteiger partial charge in [0.1, 0.15) is 0 Å². The third-order valence-electron chi connectivity index (χ3n) is 1.37. The second-order valence-corrected chi connectivity index (χ2v) is 2.04. The second kappa shape index (κ2) is 3.06. The minimum absolute atomic E-state index is 1.03. The summed E-state index contributed by atoms with van der Waals surface area (Å²) in [6.07, 6.45) is 1.58. The molecule has 0 aliphatic rings. The zero-order valence-electron chi connectivity index (χ0n) is 5.96. The molecule has 1 N–H and O–H groups in total. The van der Waals surface area contributed by atoms with Gasteiger partial charge in [-0.1, -0.05) is 24.8 Å². The first-order valence-corrected chi connectivity index (χ1v) is 3.19. The third-order valence-corrected chi connectivity index (χ3v) is 1.37. The maximum absolute atomic E-state index is 5.32. The van der Waals surface area contributed by atoms with Crippen LogP contribution in [0, 0.1) is 6.58 Å². The lowest BCUT2D eigenvalue weighted by Crippen LogP contribution is -1.86. The number of rotatable bonds is 2. The van der Waals surface area contributed by atoms with E-state index in [0.717, 1.165) is 11.3 Å². The number of hydrogen-bond donors (Lipinski definition) is 1. The lowest BCUT2D eigenvalue weighted by Gasteiger charge is -1.98. The predicted molar refractivity (Wildman–Crippen MR) is 44.8 cm³/mol. The molecule has 0 saturated heterocycles. The van der Waals surface area contributed by atoms with Gasteiger partial charge in [0.05, 0.1) is 0 Å². The zero-order valence-corrected chi connectivity index (χ0v) is 5.96. The maximum Gasteiger partial charge on any atom is 0.0343 e. The molecule has 10 heavy (non-hydrogen) atoms. The van der Waals surface area contributed by atoms with Crippen molar-refractivity contribution in [3.8, 4) is 0 Å². The molecule has 1 nitrogen and oxygen atoms in total. The molecule has 0 aromatic heterocycles. The molecule has 0 fully saturated rings. The van der Waals surface area contributed by atoms with Crippen molar-refractivity contribution in [2.45, 2.75) is 0 Å². The number of anilines is 1. The summed E-state index contributed by atoms with van der Waals surface area (Å²) in [5.41, 5.74) is 2.12. The van der Waals surface area contributed by atoms with E-state index >= 15 is 0 Å². The van der Waals surface area contributed by atoms with Gasteiger partial charge in [0.15, 0.2) is 0 Å². The fourth-order valence-electron chi connectivity index (χ4n) is 0.798. The van der Waals surface area contributed by atoms with E-state index in [-0.39, 0.29) is 0 Å². The molecule has 1 rings (SSSR count). The van der Waals surface area contributed by atoms with Crippen LogP contribution in [0.2, 0.25) is 0 Å². The van der Waals surface area contributed by atoms with Crippen molar-refractivity contribution in [3.63, 3.8) is 0 Å². The Hall–Kier alpha value is -1.24. The zero-order chi connectivity index (χ0) is 7.40. The lowest BCUT2D eigenvalue weighted by atomic mass is 10.2. The van der Waals surface area contributed by atoms with Crippen LogP contribution in [0.3, 0.4) is 0 Å². The summed E-state index contributed by atoms with van der Waals surface area (Å²) in [4.78, 5) is 0. The van der Waals surface area contributed by atoms with Crippen LogP contribution in [0.25, 0.3) is 6.08 Å². The van der Waals surface area contributed by atoms with Gasteiger partial charge in [-0.05, 0) is 17.7 Å². The van der Waals surface area contributed by atoms with Crippen molar-refractivity contribution < 1.29 is 0 Å². The van der Waals surface area contributed by atoms with E-state index in [0.29, 0.717) is 0 Å². The smallest absolute Gasteiger partial charge is 0.0343 e. The highest BCUT2D eigenvalue weighted by molar-refractivity contribution is 5.54. The first-order chi connectivity index (χ1) is 4.86. The van der Waals surface area contributed by atoms with E-state index < -0.39 is 0 Å². The van der Waals surface area contributed by atoms with Gasteiger partial charge in [-0.3, -0.25) is 0 Å². The van der Waals surface area contributed by atoms with Crippen molar-refractivity contribution >= 4 is 11.8 Å². The lowest BCUT2D eigenvalue weighted by molar-refractivity contribution is 1.50. The third kappa shape index (κ3) is 1.38. The Morgan fingerprint density at radius 1 is 1.50 bits per heavy atom. The predicted octanol–water partition coefficient (Wildman–Crippen LogP) is 2.17. The van der Waals surface area contributed by atoms with Crippen molar-refractivity contribution in [3.05, 3.63) is 36.4 Å². The Kier molecular flexibility index (Phi) is 2.11. The molecule has 0 atom stereocenters. The average molecular weight is 132 g/mol. The highest BCUT2D eigenvalue weighted by Gasteiger charge is 1.86. The summed E-state index contributed by atoms with van der Waals surface area (Å²) in [5.74, 6) is 0. The Balaban J connectivity index is 2.98. The Morgan fingerprint density at radius 2 is 2.30 bits per heavy atom. The van der Waals surface area contributed by atoms with Crippen molar-refractivity contribution in [2.24, 2.45) is 0 Å². The number of hydrogen-bond acceptors (Lipinski definition) is 1. The molecule has 0 aliphatic carbocycles. The van der Waals surface area contributed by atoms with Crippen LogP contribution >= 0.6 is 0 Å². The van der Waals surface area contributed by atoms with Gasteiger partial charge in [-0.2, -0.15) is 0 Å². The molecule has 1 aromatic carbocycles. The van der Waals surface area contributed by atoms with Gasteiger partial charge in [0.2, 0.25) is 0 Å². The van der Waals surface area contributed by atoms with Crippen molar-refractivity contribution in [1.82, 2.24) is 0 Å². The highest BCUT2D eigenvalue weighted by Crippen LogP contribution is 2.09. The van der Waals surface area contributed by atoms with Gasteiger partial charge in [0, 0.05) is 12.7 Å². The van der Waals surface area contributed by atoms with Crippen molar-refractivity contribution in [1.29, 1.82) is 0 Å². The summed E-state index contributed by atoms with van der Waals surface area (Å²) in [6.45, 7) is 5.32. The van der Waals surface area contributed by atoms with Gasteiger partial charge in [-0.15, -0.1) is 0 Å². The first-order valence-electron chi connectivity index (χ1n) is 3.19. The molecule has 0 amide bonds. The van der Waals surface area contributed by atoms with E-state index in [9.17, 15) is 0 Å². The standard InChI is InChI=1S/C9H10N/c1-3-8-5-4-6-9(7-8)10-2/h1,3-7,10H,2H3. The van der Waals surface area contributed by atoms with Crippen LogP contribution in [0.5, 0.6) is 0 Å². The summed E-state index contributed by atoms with van der Waals surface area (Å²) < 4.78 is 0. The number of nitrogens with one attached hydrogen (secondary N) is 1. The van der Waals surface area contributed by atoms with Crippen LogP contribution in [-0.2, 0) is 0 Å². The molecule has 0 bridgehead atoms. The molecule has 1 aromatic rings. The van der Waals surface area contributed by atoms with E-state index in [1.54, 1.807) is 6.08 Å². The maximum atomic E-state index is 5.32. The molecule has 1 heteroatoms. The molecule has 0 aliphatic heterocycles. The van der Waals surface area contributed by atoms with Crippen LogP contribution in [0.4, 0.5) is 5.69 Å². The van der Waals surface area contributed by atoms with Crippen LogP contribution in [0.1, 0.15) is 5.56 Å². The van der Waals surface area contributed by atoms with Crippen molar-refractivity contribution in [2.75, 3.05) is 12.4 Å². The van der Waals surface area contributed by atoms with E-state index in [4.69, 9.17) is 6.58 Å². The van der Waals surface area contributed by atoms with Gasteiger partial charge < -0.3 is 5.32 Å². The molecular weight excluding hydrogens is 122 g/mol. The minimum atomic E-state index is 1.03. The number of benzene rings is 1. The summed E-state index contributed by atoms with van der Waals surface area (Å²) >= 11 is 0. The Bertz CT molecular complexity index is 228. The summed E-state index contributed by atoms with van der Waals surface area (Å²) in [6, 6.07) is 7.90. The average Bonchev–Trinajstić information content (AvgIpc) is 2.05. The fourth-order valence-corrected chi connectivity index (χ4v) is 0.798. The molecule has 51 valence electrons. The molecular formula is C9H10N. The van der Waals surface area contributed by atoms with Gasteiger partial charge in [0.25, 0.3) is 0 Å². The summed E-state index contributed by atoms with van der Waals surface area (Å²) in [7, 11) is 1.88. The van der Waals surface area contributed by atoms with E-state index in [2.05, 4.69) is 5.32 Å². The normalized spacial score (nSPS) is 8.90. The van der Waals surface area contributed by atoms with E-state index in [1.807, 2.05) is 31.3 Å². The van der Waals surface area contributed by atoms with Crippen LogP contribution in [0.15, 0.2) is 24.3 Å². The van der Waals surface area contributed by atoms with Crippen LogP contribution < -0.4 is 5.32 Å². The van der Waals surface area contributed by atoms with E-state index in [1.165, 1.54) is 0 Å². The fraction of sp³-hybridized carbons (Fsp3) is 0.111. The SMILES string of the molecule is [CH]=Cc1cccc(NC)c1. The van der Waals surface area contributed by atoms with Gasteiger partial charge >= 0.3 is 0 Å². The topological polar surface area (TPSA) is 12.0 Å². The largest absolute Gasteiger partial charge is 0.388 e. The molecule has 0 heterocycles. The summed E-state index contributed by atoms with van der Waals surface area (Å²) in [5, 5.41) is 3.03.